The molecule has 1 saturated heterocycles. The lowest BCUT2D eigenvalue weighted by molar-refractivity contribution is 0.0644. The predicted molar refractivity (Wildman–Crippen MR) is 73.2 cm³/mol. The normalized spacial score (nSPS) is 16.8. The highest BCUT2D eigenvalue weighted by molar-refractivity contribution is 9.09. The van der Waals surface area contributed by atoms with Crippen LogP contribution < -0.4 is 5.56 Å². The standard InChI is InChI=1S/C12H16BrN3O2/c13-2-4-15-5-7-16(8-6-15)12(18)10-1-3-14-11(17)9-10/h1,3,9H,2,4-8H2,(H,14,17). The van der Waals surface area contributed by atoms with Crippen LogP contribution in [0.25, 0.3) is 0 Å². The van der Waals surface area contributed by atoms with Crippen molar-refractivity contribution >= 4 is 21.8 Å². The van der Waals surface area contributed by atoms with Crippen molar-refractivity contribution in [3.8, 4) is 0 Å². The first-order valence-electron chi connectivity index (χ1n) is 5.97. The molecule has 1 fully saturated rings. The molecule has 1 aliphatic rings. The quantitative estimate of drug-likeness (QED) is 0.828. The number of hydrogen-bond donors (Lipinski definition) is 1. The van der Waals surface area contributed by atoms with Crippen molar-refractivity contribution in [2.45, 2.75) is 0 Å². The lowest BCUT2D eigenvalue weighted by Gasteiger charge is -2.34. The van der Waals surface area contributed by atoms with Crippen LogP contribution in [0.2, 0.25) is 0 Å². The number of rotatable bonds is 3. The highest BCUT2D eigenvalue weighted by atomic mass is 79.9. The van der Waals surface area contributed by atoms with Crippen LogP contribution in [-0.2, 0) is 0 Å². The smallest absolute Gasteiger partial charge is 0.254 e. The van der Waals surface area contributed by atoms with E-state index in [9.17, 15) is 9.59 Å². The van der Waals surface area contributed by atoms with E-state index in [0.717, 1.165) is 38.1 Å². The van der Waals surface area contributed by atoms with Crippen molar-refractivity contribution in [1.82, 2.24) is 14.8 Å². The maximum atomic E-state index is 12.2. The third-order valence-electron chi connectivity index (χ3n) is 3.08. The third kappa shape index (κ3) is 3.20. The van der Waals surface area contributed by atoms with E-state index < -0.39 is 0 Å². The summed E-state index contributed by atoms with van der Waals surface area (Å²) in [6.07, 6.45) is 1.51. The van der Waals surface area contributed by atoms with Gasteiger partial charge in [-0.25, -0.2) is 0 Å². The Morgan fingerprint density at radius 2 is 2.06 bits per heavy atom. The molecule has 18 heavy (non-hydrogen) atoms. The molecule has 6 heteroatoms. The Balaban J connectivity index is 1.97. The number of pyridine rings is 1. The molecule has 0 radical (unpaired) electrons. The van der Waals surface area contributed by atoms with E-state index in [4.69, 9.17) is 0 Å². The number of H-pyrrole nitrogens is 1. The fourth-order valence-electron chi connectivity index (χ4n) is 2.05. The Morgan fingerprint density at radius 1 is 1.33 bits per heavy atom. The molecule has 1 N–H and O–H groups in total. The number of hydrogen-bond acceptors (Lipinski definition) is 3. The maximum absolute atomic E-state index is 12.2. The first-order chi connectivity index (χ1) is 8.70. The summed E-state index contributed by atoms with van der Waals surface area (Å²) in [4.78, 5) is 30.0. The Hall–Kier alpha value is -1.14. The fraction of sp³-hybridized carbons (Fsp3) is 0.500. The third-order valence-corrected chi connectivity index (χ3v) is 3.44. The van der Waals surface area contributed by atoms with Crippen LogP contribution >= 0.6 is 15.9 Å². The molecule has 1 aromatic heterocycles. The van der Waals surface area contributed by atoms with Crippen molar-refractivity contribution < 1.29 is 4.79 Å². The predicted octanol–water partition coefficient (Wildman–Crippen LogP) is 0.528. The molecule has 1 aliphatic heterocycles. The van der Waals surface area contributed by atoms with Crippen molar-refractivity contribution in [2.24, 2.45) is 0 Å². The molecule has 98 valence electrons. The van der Waals surface area contributed by atoms with Crippen LogP contribution in [0.1, 0.15) is 10.4 Å². The van der Waals surface area contributed by atoms with Crippen LogP contribution in [0.3, 0.4) is 0 Å². The zero-order chi connectivity index (χ0) is 13.0. The first kappa shape index (κ1) is 13.3. The zero-order valence-electron chi connectivity index (χ0n) is 10.1. The van der Waals surface area contributed by atoms with Crippen molar-refractivity contribution in [2.75, 3.05) is 38.1 Å². The molecule has 1 aromatic rings. The molecule has 5 nitrogen and oxygen atoms in total. The average Bonchev–Trinajstić information content (AvgIpc) is 2.39. The van der Waals surface area contributed by atoms with Crippen molar-refractivity contribution in [1.29, 1.82) is 0 Å². The van der Waals surface area contributed by atoms with Gasteiger partial charge < -0.3 is 9.88 Å². The largest absolute Gasteiger partial charge is 0.336 e. The molecule has 0 saturated carbocycles. The van der Waals surface area contributed by atoms with E-state index in [1.165, 1.54) is 12.3 Å². The van der Waals surface area contributed by atoms with E-state index in [0.29, 0.717) is 5.56 Å². The summed E-state index contributed by atoms with van der Waals surface area (Å²) in [5, 5.41) is 0.953. The van der Waals surface area contributed by atoms with Gasteiger partial charge in [0.15, 0.2) is 0 Å². The van der Waals surface area contributed by atoms with Crippen LogP contribution in [0.15, 0.2) is 23.1 Å². The molecule has 0 unspecified atom stereocenters. The van der Waals surface area contributed by atoms with Crippen LogP contribution in [0, 0.1) is 0 Å². The van der Waals surface area contributed by atoms with Gasteiger partial charge in [-0.1, -0.05) is 15.9 Å². The summed E-state index contributed by atoms with van der Waals surface area (Å²) in [5.41, 5.74) is 0.228. The number of halogens is 1. The highest BCUT2D eigenvalue weighted by Gasteiger charge is 2.21. The second-order valence-electron chi connectivity index (χ2n) is 4.26. The van der Waals surface area contributed by atoms with Gasteiger partial charge in [-0.15, -0.1) is 0 Å². The molecule has 0 bridgehead atoms. The highest BCUT2D eigenvalue weighted by Crippen LogP contribution is 2.07. The Bertz CT molecular complexity index is 466. The number of nitrogens with one attached hydrogen (secondary N) is 1. The summed E-state index contributed by atoms with van der Waals surface area (Å²) in [5.74, 6) is -0.0559. The Morgan fingerprint density at radius 3 is 2.67 bits per heavy atom. The molecule has 0 atom stereocenters. The number of aromatic nitrogens is 1. The van der Waals surface area contributed by atoms with E-state index in [1.807, 2.05) is 0 Å². The van der Waals surface area contributed by atoms with Gasteiger partial charge in [0.05, 0.1) is 0 Å². The molecule has 2 heterocycles. The lowest BCUT2D eigenvalue weighted by atomic mass is 10.2. The summed E-state index contributed by atoms with van der Waals surface area (Å²) < 4.78 is 0. The van der Waals surface area contributed by atoms with Crippen molar-refractivity contribution in [3.05, 3.63) is 34.2 Å². The summed E-state index contributed by atoms with van der Waals surface area (Å²) in [6.45, 7) is 4.23. The monoisotopic (exact) mass is 313 g/mol. The number of piperazine rings is 1. The topological polar surface area (TPSA) is 56.4 Å². The van der Waals surface area contributed by atoms with E-state index in [2.05, 4.69) is 25.8 Å². The number of carbonyl (C=O) groups is 1. The molecule has 0 aromatic carbocycles. The van der Waals surface area contributed by atoms with Gasteiger partial charge >= 0.3 is 0 Å². The number of nitrogens with zero attached hydrogens (tertiary/aromatic N) is 2. The molecular formula is C12H16BrN3O2. The number of carbonyl (C=O) groups excluding carboxylic acids is 1. The number of aromatic amines is 1. The Labute approximate surface area is 114 Å². The lowest BCUT2D eigenvalue weighted by Crippen LogP contribution is -2.49. The number of amides is 1. The van der Waals surface area contributed by atoms with Gasteiger partial charge in [0.2, 0.25) is 5.56 Å². The van der Waals surface area contributed by atoms with Gasteiger partial charge in [-0.2, -0.15) is 0 Å². The van der Waals surface area contributed by atoms with Gasteiger partial charge in [0.25, 0.3) is 5.91 Å². The van der Waals surface area contributed by atoms with Crippen LogP contribution in [-0.4, -0.2) is 58.7 Å². The summed E-state index contributed by atoms with van der Waals surface area (Å²) in [6, 6.07) is 3.00. The SMILES string of the molecule is O=C(c1cc[nH]c(=O)c1)N1CCN(CCBr)CC1. The number of alkyl halides is 1. The zero-order valence-corrected chi connectivity index (χ0v) is 11.6. The van der Waals surface area contributed by atoms with Crippen LogP contribution in [0.5, 0.6) is 0 Å². The second-order valence-corrected chi connectivity index (χ2v) is 5.06. The summed E-state index contributed by atoms with van der Waals surface area (Å²) >= 11 is 3.41. The molecule has 1 amide bonds. The van der Waals surface area contributed by atoms with E-state index in [-0.39, 0.29) is 11.5 Å². The average molecular weight is 314 g/mol. The molecule has 0 spiro atoms. The van der Waals surface area contributed by atoms with Gasteiger partial charge in [-0.05, 0) is 6.07 Å². The molecule has 0 aliphatic carbocycles. The van der Waals surface area contributed by atoms with E-state index >= 15 is 0 Å². The van der Waals surface area contributed by atoms with Gasteiger partial charge in [0, 0.05) is 55.9 Å². The van der Waals surface area contributed by atoms with Crippen molar-refractivity contribution in [3.63, 3.8) is 0 Å². The van der Waals surface area contributed by atoms with Gasteiger partial charge in [-0.3, -0.25) is 14.5 Å². The minimum atomic E-state index is -0.237. The minimum Gasteiger partial charge on any atom is -0.336 e. The van der Waals surface area contributed by atoms with Gasteiger partial charge in [0.1, 0.15) is 0 Å². The first-order valence-corrected chi connectivity index (χ1v) is 7.09. The Kier molecular flexibility index (Phi) is 4.54. The summed E-state index contributed by atoms with van der Waals surface area (Å²) in [7, 11) is 0. The maximum Gasteiger partial charge on any atom is 0.254 e. The molecular weight excluding hydrogens is 298 g/mol. The molecule has 2 rings (SSSR count). The minimum absolute atomic E-state index is 0.0559. The fourth-order valence-corrected chi connectivity index (χ4v) is 2.56. The van der Waals surface area contributed by atoms with Crippen LogP contribution in [0.4, 0.5) is 0 Å². The van der Waals surface area contributed by atoms with E-state index in [1.54, 1.807) is 11.0 Å². The second kappa shape index (κ2) is 6.15.